The number of hydrogen-bond donors (Lipinski definition) is 1. The number of para-hydroxylation sites is 1. The van der Waals surface area contributed by atoms with E-state index in [0.717, 1.165) is 17.5 Å². The molecule has 1 fully saturated rings. The van der Waals surface area contributed by atoms with Gasteiger partial charge in [-0.15, -0.1) is 0 Å². The predicted molar refractivity (Wildman–Crippen MR) is 61.7 cm³/mol. The third-order valence-electron chi connectivity index (χ3n) is 3.27. The fourth-order valence-electron chi connectivity index (χ4n) is 2.24. The van der Waals surface area contributed by atoms with Crippen molar-refractivity contribution in [3.8, 4) is 6.07 Å². The number of benzene rings is 1. The zero-order chi connectivity index (χ0) is 11.3. The van der Waals surface area contributed by atoms with Crippen molar-refractivity contribution in [3.63, 3.8) is 0 Å². The van der Waals surface area contributed by atoms with E-state index in [-0.39, 0.29) is 0 Å². The summed E-state index contributed by atoms with van der Waals surface area (Å²) in [5.41, 5.74) is 8.22. The van der Waals surface area contributed by atoms with E-state index in [1.54, 1.807) is 6.07 Å². The van der Waals surface area contributed by atoms with Crippen molar-refractivity contribution in [2.75, 3.05) is 5.73 Å². The molecule has 0 spiro atoms. The number of imidazole rings is 1. The molecule has 1 aliphatic carbocycles. The molecule has 16 heavy (non-hydrogen) atoms. The average Bonchev–Trinajstić information content (AvgIpc) is 2.88. The summed E-state index contributed by atoms with van der Waals surface area (Å²) in [5, 5.41) is 9.00. The number of nitriles is 1. The van der Waals surface area contributed by atoms with Gasteiger partial charge in [0.25, 0.3) is 0 Å². The second kappa shape index (κ2) is 2.99. The van der Waals surface area contributed by atoms with Gasteiger partial charge in [-0.1, -0.05) is 13.0 Å². The third kappa shape index (κ3) is 1.12. The Kier molecular flexibility index (Phi) is 1.72. The lowest BCUT2D eigenvalue weighted by Gasteiger charge is -2.03. The van der Waals surface area contributed by atoms with Crippen LogP contribution in [0.5, 0.6) is 0 Å². The molecule has 0 bridgehead atoms. The van der Waals surface area contributed by atoms with Crippen LogP contribution in [0.1, 0.15) is 24.9 Å². The van der Waals surface area contributed by atoms with Gasteiger partial charge in [-0.3, -0.25) is 0 Å². The van der Waals surface area contributed by atoms with Crippen molar-refractivity contribution in [1.82, 2.24) is 9.55 Å². The van der Waals surface area contributed by atoms with Crippen LogP contribution < -0.4 is 5.73 Å². The Bertz CT molecular complexity index is 605. The molecule has 0 radical (unpaired) electrons. The Morgan fingerprint density at radius 1 is 1.56 bits per heavy atom. The zero-order valence-electron chi connectivity index (χ0n) is 9.01. The highest BCUT2D eigenvalue weighted by Gasteiger charge is 2.36. The second-order valence-electron chi connectivity index (χ2n) is 4.41. The molecule has 4 nitrogen and oxygen atoms in total. The maximum atomic E-state index is 9.00. The van der Waals surface area contributed by atoms with E-state index >= 15 is 0 Å². The fraction of sp³-hybridized carbons (Fsp3) is 0.333. The second-order valence-corrected chi connectivity index (χ2v) is 4.41. The Balaban J connectivity index is 2.30. The summed E-state index contributed by atoms with van der Waals surface area (Å²) in [6, 6.07) is 8.24. The SMILES string of the molecule is CC1CC1n1c(N)nc2c(C#N)cccc21. The van der Waals surface area contributed by atoms with E-state index in [4.69, 9.17) is 11.0 Å². The van der Waals surface area contributed by atoms with E-state index in [2.05, 4.69) is 22.5 Å². The van der Waals surface area contributed by atoms with Crippen molar-refractivity contribution in [1.29, 1.82) is 5.26 Å². The van der Waals surface area contributed by atoms with E-state index < -0.39 is 0 Å². The van der Waals surface area contributed by atoms with Gasteiger partial charge >= 0.3 is 0 Å². The first kappa shape index (κ1) is 9.22. The first-order valence-corrected chi connectivity index (χ1v) is 5.39. The van der Waals surface area contributed by atoms with Crippen molar-refractivity contribution in [2.24, 2.45) is 5.92 Å². The van der Waals surface area contributed by atoms with Gasteiger partial charge in [0.1, 0.15) is 11.6 Å². The Morgan fingerprint density at radius 3 is 2.94 bits per heavy atom. The van der Waals surface area contributed by atoms with Gasteiger partial charge in [0.15, 0.2) is 0 Å². The van der Waals surface area contributed by atoms with Gasteiger partial charge < -0.3 is 10.3 Å². The minimum atomic E-state index is 0.457. The minimum Gasteiger partial charge on any atom is -0.369 e. The molecule has 1 saturated carbocycles. The molecule has 1 aromatic carbocycles. The molecule has 2 atom stereocenters. The normalized spacial score (nSPS) is 23.2. The third-order valence-corrected chi connectivity index (χ3v) is 3.27. The van der Waals surface area contributed by atoms with Crippen LogP contribution in [0.15, 0.2) is 18.2 Å². The number of rotatable bonds is 1. The lowest BCUT2D eigenvalue weighted by molar-refractivity contribution is 0.715. The monoisotopic (exact) mass is 212 g/mol. The topological polar surface area (TPSA) is 67.6 Å². The molecule has 2 aromatic rings. The smallest absolute Gasteiger partial charge is 0.201 e. The summed E-state index contributed by atoms with van der Waals surface area (Å²) < 4.78 is 2.06. The van der Waals surface area contributed by atoms with Gasteiger partial charge in [-0.2, -0.15) is 5.26 Å². The Morgan fingerprint density at radius 2 is 2.31 bits per heavy atom. The Labute approximate surface area is 93.3 Å². The number of nitrogen functional groups attached to an aromatic ring is 1. The molecule has 0 saturated heterocycles. The van der Waals surface area contributed by atoms with Crippen molar-refractivity contribution in [2.45, 2.75) is 19.4 Å². The van der Waals surface area contributed by atoms with E-state index in [9.17, 15) is 0 Å². The molecular formula is C12H12N4. The van der Waals surface area contributed by atoms with Crippen LogP contribution in [0, 0.1) is 17.2 Å². The molecule has 0 aliphatic heterocycles. The lowest BCUT2D eigenvalue weighted by atomic mass is 10.2. The van der Waals surface area contributed by atoms with E-state index in [0.29, 0.717) is 23.5 Å². The quantitative estimate of drug-likeness (QED) is 0.786. The van der Waals surface area contributed by atoms with Crippen LogP contribution in [0.3, 0.4) is 0 Å². The van der Waals surface area contributed by atoms with E-state index in [1.807, 2.05) is 12.1 Å². The summed E-state index contributed by atoms with van der Waals surface area (Å²) in [6.07, 6.45) is 1.15. The summed E-state index contributed by atoms with van der Waals surface area (Å²) >= 11 is 0. The fourth-order valence-corrected chi connectivity index (χ4v) is 2.24. The summed E-state index contributed by atoms with van der Waals surface area (Å²) in [6.45, 7) is 2.20. The van der Waals surface area contributed by atoms with E-state index in [1.165, 1.54) is 0 Å². The minimum absolute atomic E-state index is 0.457. The number of nitrogens with two attached hydrogens (primary N) is 1. The van der Waals surface area contributed by atoms with Gasteiger partial charge in [0, 0.05) is 6.04 Å². The standard InChI is InChI=1S/C12H12N4/c1-7-5-10(7)16-9-4-2-3-8(6-13)11(9)15-12(16)14/h2-4,7,10H,5H2,1H3,(H2,14,15). The molecule has 80 valence electrons. The van der Waals surface area contributed by atoms with Crippen LogP contribution >= 0.6 is 0 Å². The maximum absolute atomic E-state index is 9.00. The highest BCUT2D eigenvalue weighted by atomic mass is 15.2. The van der Waals surface area contributed by atoms with Crippen LogP contribution in [0.4, 0.5) is 5.95 Å². The van der Waals surface area contributed by atoms with Crippen LogP contribution in [-0.2, 0) is 0 Å². The number of hydrogen-bond acceptors (Lipinski definition) is 3. The number of nitrogens with zero attached hydrogens (tertiary/aromatic N) is 3. The van der Waals surface area contributed by atoms with Crippen molar-refractivity contribution >= 4 is 17.0 Å². The molecule has 3 rings (SSSR count). The molecule has 0 amide bonds. The van der Waals surface area contributed by atoms with Crippen molar-refractivity contribution < 1.29 is 0 Å². The molecule has 1 heterocycles. The lowest BCUT2D eigenvalue weighted by Crippen LogP contribution is -2.01. The van der Waals surface area contributed by atoms with Crippen LogP contribution in [-0.4, -0.2) is 9.55 Å². The zero-order valence-corrected chi connectivity index (χ0v) is 9.01. The molecule has 4 heteroatoms. The van der Waals surface area contributed by atoms with Gasteiger partial charge in [-0.25, -0.2) is 4.98 Å². The highest BCUT2D eigenvalue weighted by Crippen LogP contribution is 2.45. The summed E-state index contributed by atoms with van der Waals surface area (Å²) in [7, 11) is 0. The predicted octanol–water partition coefficient (Wildman–Crippen LogP) is 2.07. The molecule has 2 N–H and O–H groups in total. The number of aromatic nitrogens is 2. The summed E-state index contributed by atoms with van der Waals surface area (Å²) in [5.74, 6) is 1.18. The molecular weight excluding hydrogens is 200 g/mol. The highest BCUT2D eigenvalue weighted by molar-refractivity contribution is 5.84. The largest absolute Gasteiger partial charge is 0.369 e. The average molecular weight is 212 g/mol. The summed E-state index contributed by atoms with van der Waals surface area (Å²) in [4.78, 5) is 4.30. The van der Waals surface area contributed by atoms with Crippen molar-refractivity contribution in [3.05, 3.63) is 23.8 Å². The maximum Gasteiger partial charge on any atom is 0.201 e. The number of anilines is 1. The van der Waals surface area contributed by atoms with Gasteiger partial charge in [0.05, 0.1) is 11.1 Å². The molecule has 1 aromatic heterocycles. The first-order valence-electron chi connectivity index (χ1n) is 5.39. The van der Waals surface area contributed by atoms with Gasteiger partial charge in [-0.05, 0) is 24.5 Å². The van der Waals surface area contributed by atoms with Crippen LogP contribution in [0.25, 0.3) is 11.0 Å². The Hall–Kier alpha value is -2.02. The molecule has 2 unspecified atom stereocenters. The van der Waals surface area contributed by atoms with Gasteiger partial charge in [0.2, 0.25) is 5.95 Å². The first-order chi connectivity index (χ1) is 7.72. The number of fused-ring (bicyclic) bond motifs is 1. The molecule has 1 aliphatic rings. The van der Waals surface area contributed by atoms with Crippen LogP contribution in [0.2, 0.25) is 0 Å².